The van der Waals surface area contributed by atoms with E-state index in [-0.39, 0.29) is 12.1 Å². The zero-order chi connectivity index (χ0) is 18.1. The molecule has 0 unspecified atom stereocenters. The number of benzene rings is 1. The van der Waals surface area contributed by atoms with E-state index in [0.717, 1.165) is 22.5 Å². The van der Waals surface area contributed by atoms with Crippen molar-refractivity contribution in [3.63, 3.8) is 0 Å². The third-order valence-corrected chi connectivity index (χ3v) is 4.51. The Kier molecular flexibility index (Phi) is 4.11. The van der Waals surface area contributed by atoms with Crippen molar-refractivity contribution in [3.8, 4) is 11.4 Å². The summed E-state index contributed by atoms with van der Waals surface area (Å²) in [6.45, 7) is 5.83. The van der Waals surface area contributed by atoms with Gasteiger partial charge in [0.1, 0.15) is 0 Å². The Morgan fingerprint density at radius 2 is 2.15 bits per heavy atom. The summed E-state index contributed by atoms with van der Waals surface area (Å²) < 4.78 is 2.01. The van der Waals surface area contributed by atoms with E-state index >= 15 is 0 Å². The SMILES string of the molecule is Cc1cc(C)n(C2CN(C(=O)NCc3cccc(-c4nn[nH]n4)c3)C2)n1. The van der Waals surface area contributed by atoms with Crippen molar-refractivity contribution < 1.29 is 4.79 Å². The van der Waals surface area contributed by atoms with Gasteiger partial charge in [0.25, 0.3) is 0 Å². The maximum absolute atomic E-state index is 12.3. The summed E-state index contributed by atoms with van der Waals surface area (Å²) in [7, 11) is 0. The maximum atomic E-state index is 12.3. The van der Waals surface area contributed by atoms with Crippen molar-refractivity contribution >= 4 is 6.03 Å². The van der Waals surface area contributed by atoms with Crippen molar-refractivity contribution in [3.05, 3.63) is 47.3 Å². The van der Waals surface area contributed by atoms with E-state index in [1.807, 2.05) is 42.8 Å². The molecule has 1 aliphatic rings. The van der Waals surface area contributed by atoms with Gasteiger partial charge < -0.3 is 10.2 Å². The van der Waals surface area contributed by atoms with Crippen LogP contribution in [0.15, 0.2) is 30.3 Å². The quantitative estimate of drug-likeness (QED) is 0.739. The van der Waals surface area contributed by atoms with E-state index in [1.54, 1.807) is 4.90 Å². The molecule has 4 rings (SSSR count). The topological polar surface area (TPSA) is 105 Å². The van der Waals surface area contributed by atoms with Gasteiger partial charge in [0.15, 0.2) is 0 Å². The van der Waals surface area contributed by atoms with Crippen LogP contribution in [0.4, 0.5) is 4.79 Å². The van der Waals surface area contributed by atoms with Gasteiger partial charge in [-0.2, -0.15) is 10.3 Å². The molecule has 3 aromatic rings. The molecule has 1 fully saturated rings. The molecule has 0 spiro atoms. The number of carbonyl (C=O) groups excluding carboxylic acids is 1. The van der Waals surface area contributed by atoms with Gasteiger partial charge >= 0.3 is 6.03 Å². The van der Waals surface area contributed by atoms with Gasteiger partial charge in [0.2, 0.25) is 5.82 Å². The van der Waals surface area contributed by atoms with Crippen LogP contribution in [0, 0.1) is 13.8 Å². The summed E-state index contributed by atoms with van der Waals surface area (Å²) >= 11 is 0. The van der Waals surface area contributed by atoms with E-state index in [9.17, 15) is 4.79 Å². The highest BCUT2D eigenvalue weighted by Gasteiger charge is 2.33. The smallest absolute Gasteiger partial charge is 0.317 e. The molecule has 1 saturated heterocycles. The van der Waals surface area contributed by atoms with Gasteiger partial charge in [-0.1, -0.05) is 18.2 Å². The van der Waals surface area contributed by atoms with E-state index in [2.05, 4.69) is 37.1 Å². The second kappa shape index (κ2) is 6.58. The van der Waals surface area contributed by atoms with Crippen molar-refractivity contribution in [2.24, 2.45) is 0 Å². The number of aromatic amines is 1. The number of rotatable bonds is 4. The van der Waals surface area contributed by atoms with Crippen LogP contribution in [-0.4, -0.2) is 54.4 Å². The highest BCUT2D eigenvalue weighted by atomic mass is 16.2. The van der Waals surface area contributed by atoms with Crippen molar-refractivity contribution in [1.29, 1.82) is 0 Å². The average molecular weight is 352 g/mol. The molecule has 1 aromatic carbocycles. The molecule has 3 heterocycles. The number of likely N-dealkylation sites (tertiary alicyclic amines) is 1. The molecule has 2 N–H and O–H groups in total. The number of H-pyrrole nitrogens is 1. The fraction of sp³-hybridized carbons (Fsp3) is 0.353. The second-order valence-corrected chi connectivity index (χ2v) is 6.52. The Balaban J connectivity index is 1.31. The molecule has 26 heavy (non-hydrogen) atoms. The number of carbonyl (C=O) groups is 1. The minimum Gasteiger partial charge on any atom is -0.334 e. The normalized spacial score (nSPS) is 14.3. The summed E-state index contributed by atoms with van der Waals surface area (Å²) in [6, 6.07) is 9.97. The van der Waals surface area contributed by atoms with Crippen LogP contribution in [0.3, 0.4) is 0 Å². The number of aromatic nitrogens is 6. The molecule has 0 atom stereocenters. The van der Waals surface area contributed by atoms with Gasteiger partial charge in [-0.15, -0.1) is 10.2 Å². The molecule has 0 saturated carbocycles. The highest BCUT2D eigenvalue weighted by Crippen LogP contribution is 2.22. The Hall–Kier alpha value is -3.23. The van der Waals surface area contributed by atoms with Gasteiger partial charge in [-0.25, -0.2) is 4.79 Å². The van der Waals surface area contributed by atoms with Gasteiger partial charge in [-0.3, -0.25) is 4.68 Å². The fourth-order valence-corrected chi connectivity index (χ4v) is 3.19. The molecule has 0 aliphatic carbocycles. The Morgan fingerprint density at radius 1 is 1.31 bits per heavy atom. The lowest BCUT2D eigenvalue weighted by atomic mass is 10.1. The largest absolute Gasteiger partial charge is 0.334 e. The monoisotopic (exact) mass is 352 g/mol. The summed E-state index contributed by atoms with van der Waals surface area (Å²) in [4.78, 5) is 14.1. The molecule has 134 valence electrons. The third kappa shape index (κ3) is 3.15. The maximum Gasteiger partial charge on any atom is 0.317 e. The number of nitrogens with zero attached hydrogens (tertiary/aromatic N) is 6. The molecule has 9 heteroatoms. The van der Waals surface area contributed by atoms with Crippen LogP contribution in [-0.2, 0) is 6.54 Å². The molecule has 1 aliphatic heterocycles. The number of amides is 2. The third-order valence-electron chi connectivity index (χ3n) is 4.51. The van der Waals surface area contributed by atoms with Crippen LogP contribution < -0.4 is 5.32 Å². The van der Waals surface area contributed by atoms with Crippen LogP contribution in [0.5, 0.6) is 0 Å². The first-order valence-corrected chi connectivity index (χ1v) is 8.48. The van der Waals surface area contributed by atoms with Crippen molar-refractivity contribution in [2.45, 2.75) is 26.4 Å². The van der Waals surface area contributed by atoms with E-state index < -0.39 is 0 Å². The lowest BCUT2D eigenvalue weighted by molar-refractivity contribution is 0.117. The molecular weight excluding hydrogens is 332 g/mol. The van der Waals surface area contributed by atoms with Crippen molar-refractivity contribution in [2.75, 3.05) is 13.1 Å². The van der Waals surface area contributed by atoms with Crippen LogP contribution >= 0.6 is 0 Å². The second-order valence-electron chi connectivity index (χ2n) is 6.52. The predicted octanol–water partition coefficient (Wildman–Crippen LogP) is 1.45. The van der Waals surface area contributed by atoms with Crippen LogP contribution in [0.25, 0.3) is 11.4 Å². The zero-order valence-corrected chi connectivity index (χ0v) is 14.7. The fourth-order valence-electron chi connectivity index (χ4n) is 3.19. The lowest BCUT2D eigenvalue weighted by Crippen LogP contribution is -2.54. The average Bonchev–Trinajstić information content (AvgIpc) is 3.22. The molecule has 2 aromatic heterocycles. The number of hydrogen-bond acceptors (Lipinski definition) is 5. The standard InChI is InChI=1S/C17H20N8O/c1-11-6-12(2)25(21-11)15-9-24(10-15)17(26)18-8-13-4-3-5-14(7-13)16-19-22-23-20-16/h3-7,15H,8-10H2,1-2H3,(H,18,26)(H,19,20,22,23). The minimum absolute atomic E-state index is 0.0623. The first-order valence-electron chi connectivity index (χ1n) is 8.48. The van der Waals surface area contributed by atoms with E-state index in [0.29, 0.717) is 25.5 Å². The summed E-state index contributed by atoms with van der Waals surface area (Å²) in [5.41, 5.74) is 3.98. The molecule has 2 amide bonds. The number of aryl methyl sites for hydroxylation is 2. The Bertz CT molecular complexity index is 911. The summed E-state index contributed by atoms with van der Waals surface area (Å²) in [5.74, 6) is 0.536. The summed E-state index contributed by atoms with van der Waals surface area (Å²) in [5, 5.41) is 21.4. The minimum atomic E-state index is -0.0623. The lowest BCUT2D eigenvalue weighted by Gasteiger charge is -2.39. The molecule has 0 radical (unpaired) electrons. The van der Waals surface area contributed by atoms with Gasteiger partial charge in [0.05, 0.1) is 11.7 Å². The van der Waals surface area contributed by atoms with Gasteiger partial charge in [0, 0.05) is 30.9 Å². The van der Waals surface area contributed by atoms with Crippen molar-refractivity contribution in [1.82, 2.24) is 40.6 Å². The van der Waals surface area contributed by atoms with Crippen LogP contribution in [0.1, 0.15) is 23.0 Å². The molecule has 9 nitrogen and oxygen atoms in total. The highest BCUT2D eigenvalue weighted by molar-refractivity contribution is 5.75. The Morgan fingerprint density at radius 3 is 2.85 bits per heavy atom. The van der Waals surface area contributed by atoms with Gasteiger partial charge in [-0.05, 0) is 36.8 Å². The molecule has 0 bridgehead atoms. The first kappa shape index (κ1) is 16.2. The predicted molar refractivity (Wildman–Crippen MR) is 94.2 cm³/mol. The number of urea groups is 1. The molecular formula is C17H20N8O. The van der Waals surface area contributed by atoms with E-state index in [4.69, 9.17) is 0 Å². The number of hydrogen-bond donors (Lipinski definition) is 2. The van der Waals surface area contributed by atoms with Crippen LogP contribution in [0.2, 0.25) is 0 Å². The Labute approximate surface area is 150 Å². The first-order chi connectivity index (χ1) is 12.6. The zero-order valence-electron chi connectivity index (χ0n) is 14.7. The number of tetrazole rings is 1. The van der Waals surface area contributed by atoms with E-state index in [1.165, 1.54) is 0 Å². The number of nitrogens with one attached hydrogen (secondary N) is 2. The summed E-state index contributed by atoms with van der Waals surface area (Å²) in [6.07, 6.45) is 0.